The minimum absolute atomic E-state index is 0.157. The summed E-state index contributed by atoms with van der Waals surface area (Å²) in [5, 5.41) is 14.3. The van der Waals surface area contributed by atoms with Crippen molar-refractivity contribution in [2.24, 2.45) is 11.8 Å². The van der Waals surface area contributed by atoms with E-state index in [0.717, 1.165) is 24.3 Å². The summed E-state index contributed by atoms with van der Waals surface area (Å²) >= 11 is 0. The molecule has 1 aliphatic carbocycles. The van der Waals surface area contributed by atoms with E-state index in [0.29, 0.717) is 50.3 Å². The molecule has 0 aromatic heterocycles. The number of hydrogen-bond acceptors (Lipinski definition) is 6. The number of carboxylic acids is 1. The molecule has 2 amide bonds. The lowest BCUT2D eigenvalue weighted by molar-refractivity contribution is -0.313. The van der Waals surface area contributed by atoms with E-state index in [1.807, 2.05) is 24.3 Å². The maximum Gasteiger partial charge on any atom is 0.256 e. The van der Waals surface area contributed by atoms with Gasteiger partial charge in [-0.3, -0.25) is 9.59 Å². The lowest BCUT2D eigenvalue weighted by atomic mass is 9.78. The molecular weight excluding hydrogens is 434 g/mol. The van der Waals surface area contributed by atoms with Crippen molar-refractivity contribution >= 4 is 29.2 Å². The standard InChI is InChI=1S/C26H31N3O5/c1-34-23-13-7-6-12-22(23)28-14-16-29(17-15-28)25(31)20-10-4-5-11-21(20)27-24(30)18-8-2-3-9-19(18)26(32)33/h4-7,10-13,18-19H,2-3,8-9,14-17H2,1H3,(H,27,30)(H,32,33)/p-1/t18-,19-/m0/s1. The third kappa shape index (κ3) is 5.00. The molecule has 8 heteroatoms. The number of nitrogens with zero attached hydrogens (tertiary/aromatic N) is 2. The van der Waals surface area contributed by atoms with Gasteiger partial charge < -0.3 is 29.8 Å². The second kappa shape index (κ2) is 10.6. The Morgan fingerprint density at radius 1 is 0.912 bits per heavy atom. The van der Waals surface area contributed by atoms with Gasteiger partial charge in [-0.1, -0.05) is 37.1 Å². The lowest BCUT2D eigenvalue weighted by Gasteiger charge is -2.37. The van der Waals surface area contributed by atoms with Gasteiger partial charge in [0.2, 0.25) is 5.91 Å². The molecule has 1 saturated carbocycles. The fourth-order valence-corrected chi connectivity index (χ4v) is 4.94. The zero-order chi connectivity index (χ0) is 24.1. The monoisotopic (exact) mass is 464 g/mol. The van der Waals surface area contributed by atoms with Crippen molar-refractivity contribution in [2.75, 3.05) is 43.5 Å². The van der Waals surface area contributed by atoms with Gasteiger partial charge in [-0.25, -0.2) is 0 Å². The fraction of sp³-hybridized carbons (Fsp3) is 0.423. The van der Waals surface area contributed by atoms with Crippen LogP contribution in [0.2, 0.25) is 0 Å². The van der Waals surface area contributed by atoms with Crippen LogP contribution in [0, 0.1) is 11.8 Å². The number of amides is 2. The van der Waals surface area contributed by atoms with Gasteiger partial charge >= 0.3 is 0 Å². The van der Waals surface area contributed by atoms with E-state index in [1.54, 1.807) is 36.3 Å². The Morgan fingerprint density at radius 3 is 2.26 bits per heavy atom. The Labute approximate surface area is 199 Å². The molecule has 2 atom stereocenters. The molecule has 8 nitrogen and oxygen atoms in total. The van der Waals surface area contributed by atoms with Crippen LogP contribution in [0.4, 0.5) is 11.4 Å². The molecule has 1 saturated heterocycles. The van der Waals surface area contributed by atoms with E-state index in [1.165, 1.54) is 0 Å². The molecule has 2 aliphatic rings. The van der Waals surface area contributed by atoms with Crippen LogP contribution in [0.1, 0.15) is 36.0 Å². The van der Waals surface area contributed by atoms with Crippen molar-refractivity contribution in [3.63, 3.8) is 0 Å². The molecule has 0 radical (unpaired) electrons. The van der Waals surface area contributed by atoms with Crippen LogP contribution in [0.15, 0.2) is 48.5 Å². The molecule has 0 spiro atoms. The van der Waals surface area contributed by atoms with Crippen LogP contribution < -0.4 is 20.1 Å². The maximum atomic E-state index is 13.3. The highest BCUT2D eigenvalue weighted by molar-refractivity contribution is 6.04. The molecule has 1 heterocycles. The van der Waals surface area contributed by atoms with Crippen LogP contribution in [-0.4, -0.2) is 56.0 Å². The van der Waals surface area contributed by atoms with Gasteiger partial charge in [0.1, 0.15) is 5.75 Å². The molecule has 0 bridgehead atoms. The van der Waals surface area contributed by atoms with Gasteiger partial charge in [-0.05, 0) is 37.1 Å². The Bertz CT molecular complexity index is 1050. The third-order valence-electron chi connectivity index (χ3n) is 6.81. The minimum atomic E-state index is -1.18. The Balaban J connectivity index is 1.44. The molecule has 2 aromatic rings. The number of benzene rings is 2. The van der Waals surface area contributed by atoms with E-state index >= 15 is 0 Å². The van der Waals surface area contributed by atoms with E-state index in [2.05, 4.69) is 10.2 Å². The Morgan fingerprint density at radius 2 is 1.56 bits per heavy atom. The van der Waals surface area contributed by atoms with Crippen molar-refractivity contribution in [1.82, 2.24) is 4.90 Å². The smallest absolute Gasteiger partial charge is 0.256 e. The zero-order valence-corrected chi connectivity index (χ0v) is 19.4. The van der Waals surface area contributed by atoms with Gasteiger partial charge in [0, 0.05) is 44.0 Å². The topological polar surface area (TPSA) is 102 Å². The predicted molar refractivity (Wildman–Crippen MR) is 127 cm³/mol. The second-order valence-corrected chi connectivity index (χ2v) is 8.80. The first kappa shape index (κ1) is 23.6. The first-order valence-corrected chi connectivity index (χ1v) is 11.8. The number of methoxy groups -OCH3 is 1. The van der Waals surface area contributed by atoms with Gasteiger partial charge in [0.25, 0.3) is 5.91 Å². The number of carboxylic acid groups (broad SMARTS) is 1. The van der Waals surface area contributed by atoms with Gasteiger partial charge in [-0.15, -0.1) is 0 Å². The summed E-state index contributed by atoms with van der Waals surface area (Å²) in [5.74, 6) is -2.35. The fourth-order valence-electron chi connectivity index (χ4n) is 4.94. The SMILES string of the molecule is COc1ccccc1N1CCN(C(=O)c2ccccc2NC(=O)[C@H]2CCCC[C@@H]2C(=O)[O-])CC1. The largest absolute Gasteiger partial charge is 0.550 e. The summed E-state index contributed by atoms with van der Waals surface area (Å²) in [4.78, 5) is 41.8. The highest BCUT2D eigenvalue weighted by Gasteiger charge is 2.33. The lowest BCUT2D eigenvalue weighted by Crippen LogP contribution is -2.49. The number of hydrogen-bond donors (Lipinski definition) is 1. The molecule has 180 valence electrons. The summed E-state index contributed by atoms with van der Waals surface area (Å²) in [5.41, 5.74) is 1.81. The van der Waals surface area contributed by atoms with Gasteiger partial charge in [0.05, 0.1) is 24.0 Å². The minimum Gasteiger partial charge on any atom is -0.550 e. The normalized spacial score (nSPS) is 20.5. The van der Waals surface area contributed by atoms with E-state index < -0.39 is 17.8 Å². The molecule has 4 rings (SSSR count). The highest BCUT2D eigenvalue weighted by atomic mass is 16.5. The van der Waals surface area contributed by atoms with Crippen LogP contribution in [0.5, 0.6) is 5.75 Å². The third-order valence-corrected chi connectivity index (χ3v) is 6.81. The highest BCUT2D eigenvalue weighted by Crippen LogP contribution is 2.32. The summed E-state index contributed by atoms with van der Waals surface area (Å²) in [7, 11) is 1.65. The van der Waals surface area contributed by atoms with E-state index in [-0.39, 0.29) is 11.8 Å². The number of piperazine rings is 1. The quantitative estimate of drug-likeness (QED) is 0.703. The number of rotatable bonds is 6. The average Bonchev–Trinajstić information content (AvgIpc) is 2.88. The Kier molecular flexibility index (Phi) is 7.35. The van der Waals surface area contributed by atoms with Gasteiger partial charge in [-0.2, -0.15) is 0 Å². The number of nitrogens with one attached hydrogen (secondary N) is 1. The Hall–Kier alpha value is -3.55. The number of carbonyl (C=O) groups excluding carboxylic acids is 3. The van der Waals surface area contributed by atoms with Crippen LogP contribution >= 0.6 is 0 Å². The molecule has 2 fully saturated rings. The van der Waals surface area contributed by atoms with Crippen molar-refractivity contribution < 1.29 is 24.2 Å². The zero-order valence-electron chi connectivity index (χ0n) is 19.4. The molecule has 2 aromatic carbocycles. The summed E-state index contributed by atoms with van der Waals surface area (Å²) < 4.78 is 5.46. The molecule has 1 aliphatic heterocycles. The first-order valence-electron chi connectivity index (χ1n) is 11.8. The average molecular weight is 465 g/mol. The molecule has 1 N–H and O–H groups in total. The first-order chi connectivity index (χ1) is 16.5. The second-order valence-electron chi connectivity index (χ2n) is 8.80. The van der Waals surface area contributed by atoms with Crippen molar-refractivity contribution in [3.05, 3.63) is 54.1 Å². The van der Waals surface area contributed by atoms with Crippen molar-refractivity contribution in [3.8, 4) is 5.75 Å². The number of para-hydroxylation sites is 3. The molecule has 0 unspecified atom stereocenters. The van der Waals surface area contributed by atoms with E-state index in [9.17, 15) is 19.5 Å². The number of ether oxygens (including phenoxy) is 1. The molecule has 34 heavy (non-hydrogen) atoms. The summed E-state index contributed by atoms with van der Waals surface area (Å²) in [6, 6.07) is 14.7. The number of aliphatic carboxylic acids is 1. The number of anilines is 2. The van der Waals surface area contributed by atoms with Gasteiger partial charge in [0.15, 0.2) is 0 Å². The maximum absolute atomic E-state index is 13.3. The predicted octanol–water partition coefficient (Wildman–Crippen LogP) is 2.15. The summed E-state index contributed by atoms with van der Waals surface area (Å²) in [6.07, 6.45) is 2.53. The van der Waals surface area contributed by atoms with Crippen LogP contribution in [-0.2, 0) is 9.59 Å². The van der Waals surface area contributed by atoms with Crippen molar-refractivity contribution in [1.29, 1.82) is 0 Å². The van der Waals surface area contributed by atoms with E-state index in [4.69, 9.17) is 4.74 Å². The molecular formula is C26H30N3O5-. The summed E-state index contributed by atoms with van der Waals surface area (Å²) in [6.45, 7) is 2.40. The number of carbonyl (C=O) groups is 3. The van der Waals surface area contributed by atoms with Crippen molar-refractivity contribution in [2.45, 2.75) is 25.7 Å². The van der Waals surface area contributed by atoms with Crippen LogP contribution in [0.3, 0.4) is 0 Å². The van der Waals surface area contributed by atoms with Crippen LogP contribution in [0.25, 0.3) is 0 Å².